The van der Waals surface area contributed by atoms with Crippen LogP contribution in [0.1, 0.15) is 41.9 Å². The largest absolute Gasteiger partial charge is 0.352 e. The lowest BCUT2D eigenvalue weighted by molar-refractivity contribution is 0.0945. The van der Waals surface area contributed by atoms with Crippen LogP contribution in [0.4, 0.5) is 5.82 Å². The summed E-state index contributed by atoms with van der Waals surface area (Å²) in [7, 11) is 4.12. The molecule has 2 aromatic rings. The number of nitrogens with one attached hydrogen (secondary N) is 2. The van der Waals surface area contributed by atoms with E-state index in [0.29, 0.717) is 24.7 Å². The highest BCUT2D eigenvalue weighted by molar-refractivity contribution is 5.94. The number of rotatable bonds is 7. The van der Waals surface area contributed by atoms with E-state index >= 15 is 0 Å². The van der Waals surface area contributed by atoms with Gasteiger partial charge in [0.05, 0.1) is 12.1 Å². The summed E-state index contributed by atoms with van der Waals surface area (Å²) in [4.78, 5) is 28.4. The molecule has 0 aromatic carbocycles. The average Bonchev–Trinajstić information content (AvgIpc) is 3.16. The minimum Gasteiger partial charge on any atom is -0.352 e. The van der Waals surface area contributed by atoms with E-state index in [0.717, 1.165) is 24.6 Å². The van der Waals surface area contributed by atoms with E-state index in [2.05, 4.69) is 32.2 Å². The number of imidazole rings is 1. The molecule has 0 spiro atoms. The second kappa shape index (κ2) is 8.80. The molecule has 1 atom stereocenters. The standard InChI is InChI=1S/C19H28N6O/c1-24-12-4-3-5-16(24)8-9-22-19(26)15-6-7-18(23-13-15)25(2)14-17-20-10-11-21-17/h6-7,10-11,13,16H,3-5,8-9,12,14H2,1-2H3,(H,20,21)(H,22,26). The third-order valence-corrected chi connectivity index (χ3v) is 5.03. The summed E-state index contributed by atoms with van der Waals surface area (Å²) in [5.41, 5.74) is 0.595. The molecule has 26 heavy (non-hydrogen) atoms. The number of carbonyl (C=O) groups is 1. The van der Waals surface area contributed by atoms with E-state index in [-0.39, 0.29) is 5.91 Å². The van der Waals surface area contributed by atoms with Crippen LogP contribution >= 0.6 is 0 Å². The summed E-state index contributed by atoms with van der Waals surface area (Å²) in [5, 5.41) is 3.02. The Labute approximate surface area is 154 Å². The lowest BCUT2D eigenvalue weighted by Crippen LogP contribution is -2.39. The number of aromatic nitrogens is 3. The van der Waals surface area contributed by atoms with Gasteiger partial charge in [0.1, 0.15) is 11.6 Å². The Balaban J connectivity index is 1.47. The molecule has 0 bridgehead atoms. The van der Waals surface area contributed by atoms with E-state index in [4.69, 9.17) is 0 Å². The van der Waals surface area contributed by atoms with Gasteiger partial charge in [-0.2, -0.15) is 0 Å². The number of nitrogens with zero attached hydrogens (tertiary/aromatic N) is 4. The van der Waals surface area contributed by atoms with Crippen molar-refractivity contribution in [1.29, 1.82) is 0 Å². The van der Waals surface area contributed by atoms with Gasteiger partial charge in [0, 0.05) is 38.2 Å². The van der Waals surface area contributed by atoms with Crippen molar-refractivity contribution in [3.05, 3.63) is 42.1 Å². The highest BCUT2D eigenvalue weighted by atomic mass is 16.1. The Morgan fingerprint density at radius 2 is 2.27 bits per heavy atom. The van der Waals surface area contributed by atoms with Gasteiger partial charge in [0.15, 0.2) is 0 Å². The number of carbonyl (C=O) groups excluding carboxylic acids is 1. The number of piperidine rings is 1. The normalized spacial score (nSPS) is 17.8. The molecule has 3 heterocycles. The fourth-order valence-electron chi connectivity index (χ4n) is 3.40. The second-order valence-electron chi connectivity index (χ2n) is 6.97. The summed E-state index contributed by atoms with van der Waals surface area (Å²) in [6, 6.07) is 4.27. The number of H-pyrrole nitrogens is 1. The van der Waals surface area contributed by atoms with Crippen LogP contribution in [0.25, 0.3) is 0 Å². The Kier molecular flexibility index (Phi) is 6.22. The van der Waals surface area contributed by atoms with Gasteiger partial charge in [0.25, 0.3) is 5.91 Å². The molecule has 0 saturated carbocycles. The minimum atomic E-state index is -0.0591. The van der Waals surface area contributed by atoms with Crippen LogP contribution < -0.4 is 10.2 Å². The summed E-state index contributed by atoms with van der Waals surface area (Å²) in [6.45, 7) is 2.50. The molecule has 1 aliphatic rings. The van der Waals surface area contributed by atoms with Gasteiger partial charge in [0.2, 0.25) is 0 Å². The van der Waals surface area contributed by atoms with Crippen molar-refractivity contribution < 1.29 is 4.79 Å². The van der Waals surface area contributed by atoms with Crippen molar-refractivity contribution in [2.24, 2.45) is 0 Å². The maximum atomic E-state index is 12.3. The van der Waals surface area contributed by atoms with E-state index in [9.17, 15) is 4.79 Å². The quantitative estimate of drug-likeness (QED) is 0.794. The highest BCUT2D eigenvalue weighted by Gasteiger charge is 2.18. The lowest BCUT2D eigenvalue weighted by Gasteiger charge is -2.32. The van der Waals surface area contributed by atoms with Crippen LogP contribution in [-0.4, -0.2) is 59.0 Å². The fourth-order valence-corrected chi connectivity index (χ4v) is 3.40. The Morgan fingerprint density at radius 3 is 2.96 bits per heavy atom. The minimum absolute atomic E-state index is 0.0591. The second-order valence-corrected chi connectivity index (χ2v) is 6.97. The smallest absolute Gasteiger partial charge is 0.252 e. The van der Waals surface area contributed by atoms with Crippen molar-refractivity contribution in [3.8, 4) is 0 Å². The molecule has 1 unspecified atom stereocenters. The molecule has 0 aliphatic carbocycles. The van der Waals surface area contributed by atoms with Crippen LogP contribution in [0.2, 0.25) is 0 Å². The zero-order valence-electron chi connectivity index (χ0n) is 15.6. The van der Waals surface area contributed by atoms with Crippen molar-refractivity contribution >= 4 is 11.7 Å². The number of hydrogen-bond acceptors (Lipinski definition) is 5. The van der Waals surface area contributed by atoms with Crippen molar-refractivity contribution in [2.45, 2.75) is 38.3 Å². The Bertz CT molecular complexity index is 685. The van der Waals surface area contributed by atoms with E-state index < -0.39 is 0 Å². The molecule has 3 rings (SSSR count). The highest BCUT2D eigenvalue weighted by Crippen LogP contribution is 2.17. The van der Waals surface area contributed by atoms with Crippen LogP contribution in [0.3, 0.4) is 0 Å². The summed E-state index contributed by atoms with van der Waals surface area (Å²) >= 11 is 0. The maximum Gasteiger partial charge on any atom is 0.252 e. The van der Waals surface area contributed by atoms with Crippen molar-refractivity contribution in [2.75, 3.05) is 32.1 Å². The number of hydrogen-bond donors (Lipinski definition) is 2. The first-order valence-electron chi connectivity index (χ1n) is 9.27. The third-order valence-electron chi connectivity index (χ3n) is 5.03. The average molecular weight is 356 g/mol. The van der Waals surface area contributed by atoms with Gasteiger partial charge in [-0.1, -0.05) is 6.42 Å². The number of pyridine rings is 1. The number of anilines is 1. The Hall–Kier alpha value is -2.41. The fraction of sp³-hybridized carbons (Fsp3) is 0.526. The molecule has 0 radical (unpaired) electrons. The zero-order chi connectivity index (χ0) is 18.4. The predicted molar refractivity (Wildman–Crippen MR) is 102 cm³/mol. The lowest BCUT2D eigenvalue weighted by atomic mass is 10.0. The first kappa shape index (κ1) is 18.4. The summed E-state index contributed by atoms with van der Waals surface area (Å²) < 4.78 is 0. The molecule has 1 saturated heterocycles. The zero-order valence-corrected chi connectivity index (χ0v) is 15.6. The molecular formula is C19H28N6O. The molecule has 7 nitrogen and oxygen atoms in total. The van der Waals surface area contributed by atoms with Gasteiger partial charge in [-0.05, 0) is 45.0 Å². The van der Waals surface area contributed by atoms with Crippen LogP contribution in [0.15, 0.2) is 30.7 Å². The maximum absolute atomic E-state index is 12.3. The molecular weight excluding hydrogens is 328 g/mol. The first-order valence-corrected chi connectivity index (χ1v) is 9.27. The molecule has 7 heteroatoms. The molecule has 2 aromatic heterocycles. The van der Waals surface area contributed by atoms with Crippen LogP contribution in [0.5, 0.6) is 0 Å². The molecule has 2 N–H and O–H groups in total. The van der Waals surface area contributed by atoms with Gasteiger partial charge in [-0.3, -0.25) is 4.79 Å². The van der Waals surface area contributed by atoms with Gasteiger partial charge in [-0.25, -0.2) is 9.97 Å². The number of amides is 1. The van der Waals surface area contributed by atoms with E-state index in [1.807, 2.05) is 24.1 Å². The molecule has 1 amide bonds. The number of likely N-dealkylation sites (tertiary alicyclic amines) is 1. The molecule has 140 valence electrons. The number of aromatic amines is 1. The SMILES string of the molecule is CN(Cc1ncc[nH]1)c1ccc(C(=O)NCCC2CCCCN2C)cn1. The van der Waals surface area contributed by atoms with Crippen LogP contribution in [-0.2, 0) is 6.54 Å². The Morgan fingerprint density at radius 1 is 1.38 bits per heavy atom. The van der Waals surface area contributed by atoms with Gasteiger partial charge in [-0.15, -0.1) is 0 Å². The monoisotopic (exact) mass is 356 g/mol. The van der Waals surface area contributed by atoms with Gasteiger partial charge < -0.3 is 20.1 Å². The van der Waals surface area contributed by atoms with E-state index in [1.54, 1.807) is 18.6 Å². The van der Waals surface area contributed by atoms with E-state index in [1.165, 1.54) is 19.3 Å². The molecule has 1 fully saturated rings. The van der Waals surface area contributed by atoms with Crippen LogP contribution in [0, 0.1) is 0 Å². The summed E-state index contributed by atoms with van der Waals surface area (Å²) in [5.74, 6) is 1.63. The van der Waals surface area contributed by atoms with Crippen molar-refractivity contribution in [1.82, 2.24) is 25.2 Å². The summed E-state index contributed by atoms with van der Waals surface area (Å²) in [6.07, 6.45) is 9.97. The topological polar surface area (TPSA) is 77.2 Å². The van der Waals surface area contributed by atoms with Gasteiger partial charge >= 0.3 is 0 Å². The first-order chi connectivity index (χ1) is 12.6. The molecule has 1 aliphatic heterocycles. The predicted octanol–water partition coefficient (Wildman–Crippen LogP) is 2.05. The third kappa shape index (κ3) is 4.82. The van der Waals surface area contributed by atoms with Crippen molar-refractivity contribution in [3.63, 3.8) is 0 Å².